The fourth-order valence-electron chi connectivity index (χ4n) is 3.05. The van der Waals surface area contributed by atoms with Crippen molar-refractivity contribution in [2.45, 2.75) is 23.9 Å². The van der Waals surface area contributed by atoms with E-state index < -0.39 is 5.97 Å². The number of aromatic carboxylic acids is 1. The minimum atomic E-state index is -1.00. The predicted octanol–water partition coefficient (Wildman–Crippen LogP) is 3.41. The van der Waals surface area contributed by atoms with Gasteiger partial charge in [-0.3, -0.25) is 0 Å². The van der Waals surface area contributed by atoms with E-state index in [9.17, 15) is 4.79 Å². The summed E-state index contributed by atoms with van der Waals surface area (Å²) in [5.41, 5.74) is 3.22. The Bertz CT molecular complexity index is 756. The molecule has 5 nitrogen and oxygen atoms in total. The molecule has 2 aliphatic heterocycles. The van der Waals surface area contributed by atoms with Gasteiger partial charge < -0.3 is 10.0 Å². The summed E-state index contributed by atoms with van der Waals surface area (Å²) in [5.74, 6) is -1.00. The summed E-state index contributed by atoms with van der Waals surface area (Å²) in [7, 11) is 0. The first kappa shape index (κ1) is 16.1. The van der Waals surface area contributed by atoms with Crippen LogP contribution in [0.25, 0.3) is 11.1 Å². The summed E-state index contributed by atoms with van der Waals surface area (Å²) in [6.45, 7) is 1.09. The van der Waals surface area contributed by atoms with Gasteiger partial charge in [-0.25, -0.2) is 14.5 Å². The molecule has 1 unspecified atom stereocenters. The maximum Gasteiger partial charge on any atom is 0.354 e. The Morgan fingerprint density at radius 2 is 2.13 bits per heavy atom. The first-order valence-electron chi connectivity index (χ1n) is 7.25. The van der Waals surface area contributed by atoms with Gasteiger partial charge in [0.2, 0.25) is 0 Å². The molecule has 1 saturated heterocycles. The predicted molar refractivity (Wildman–Crippen MR) is 93.2 cm³/mol. The molecule has 120 valence electrons. The van der Waals surface area contributed by atoms with Crippen molar-refractivity contribution in [2.24, 2.45) is 0 Å². The third-order valence-electron chi connectivity index (χ3n) is 4.14. The van der Waals surface area contributed by atoms with E-state index in [1.807, 2.05) is 6.07 Å². The molecule has 0 spiro atoms. The lowest BCUT2D eigenvalue weighted by Crippen LogP contribution is -2.41. The molecule has 4 rings (SSSR count). The second kappa shape index (κ2) is 6.39. The summed E-state index contributed by atoms with van der Waals surface area (Å²) in [6.07, 6.45) is 4.37. The molecule has 1 aromatic heterocycles. The van der Waals surface area contributed by atoms with Crippen molar-refractivity contribution in [3.8, 4) is 11.1 Å². The molecule has 0 radical (unpaired) electrons. The molecule has 23 heavy (non-hydrogen) atoms. The Morgan fingerprint density at radius 1 is 1.30 bits per heavy atom. The van der Waals surface area contributed by atoms with Gasteiger partial charge in [-0.2, -0.15) is 0 Å². The number of aromatic nitrogens is 1. The molecule has 2 N–H and O–H groups in total. The van der Waals surface area contributed by atoms with E-state index in [2.05, 4.69) is 32.8 Å². The van der Waals surface area contributed by atoms with E-state index in [1.165, 1.54) is 23.4 Å². The molecular weight excluding hydrogens is 334 g/mol. The Hall–Kier alpha value is -1.76. The van der Waals surface area contributed by atoms with Gasteiger partial charge in [0.05, 0.1) is 11.9 Å². The number of carboxylic acid groups (broad SMARTS) is 1. The Balaban J connectivity index is 0.00000156. The minimum absolute atomic E-state index is 0. The van der Waals surface area contributed by atoms with E-state index in [1.54, 1.807) is 24.2 Å². The summed E-state index contributed by atoms with van der Waals surface area (Å²) in [4.78, 5) is 18.5. The molecule has 0 saturated carbocycles. The van der Waals surface area contributed by atoms with Crippen LogP contribution in [0.15, 0.2) is 41.4 Å². The van der Waals surface area contributed by atoms with Gasteiger partial charge in [-0.1, -0.05) is 6.07 Å². The van der Waals surface area contributed by atoms with Crippen LogP contribution in [0.1, 0.15) is 23.3 Å². The lowest BCUT2D eigenvalue weighted by atomic mass is 10.1. The van der Waals surface area contributed by atoms with Crippen LogP contribution in [-0.4, -0.2) is 28.8 Å². The highest BCUT2D eigenvalue weighted by Crippen LogP contribution is 2.40. The van der Waals surface area contributed by atoms with Gasteiger partial charge >= 0.3 is 5.97 Å². The zero-order chi connectivity index (χ0) is 15.1. The maximum absolute atomic E-state index is 11.1. The first-order chi connectivity index (χ1) is 10.7. The van der Waals surface area contributed by atoms with Gasteiger partial charge in [-0.15, -0.1) is 12.4 Å². The van der Waals surface area contributed by atoms with Gasteiger partial charge in [0.25, 0.3) is 0 Å². The molecule has 1 aromatic carbocycles. The van der Waals surface area contributed by atoms with Crippen molar-refractivity contribution in [1.82, 2.24) is 9.71 Å². The Morgan fingerprint density at radius 3 is 2.96 bits per heavy atom. The van der Waals surface area contributed by atoms with Crippen LogP contribution in [0.3, 0.4) is 0 Å². The van der Waals surface area contributed by atoms with E-state index in [4.69, 9.17) is 5.11 Å². The third kappa shape index (κ3) is 2.89. The number of hydrogen-bond donors (Lipinski definition) is 2. The van der Waals surface area contributed by atoms with Crippen molar-refractivity contribution in [3.05, 3.63) is 42.2 Å². The smallest absolute Gasteiger partial charge is 0.354 e. The molecule has 7 heteroatoms. The fraction of sp³-hybridized carbons (Fsp3) is 0.250. The zero-order valence-corrected chi connectivity index (χ0v) is 13.9. The van der Waals surface area contributed by atoms with Crippen LogP contribution >= 0.6 is 24.4 Å². The highest BCUT2D eigenvalue weighted by atomic mass is 35.5. The average molecular weight is 350 g/mol. The molecule has 0 amide bonds. The van der Waals surface area contributed by atoms with E-state index in [0.717, 1.165) is 17.7 Å². The van der Waals surface area contributed by atoms with Crippen LogP contribution in [0.2, 0.25) is 0 Å². The second-order valence-electron chi connectivity index (χ2n) is 5.49. The standard InChI is InChI=1S/C16H15N3O2S.ClH/c20-16(21)12-8-11(5-6-17-12)10-3-4-13-14(9-10)22-18-15-2-1-7-19(13)15;/h3-6,8-9,15,18H,1-2,7H2,(H,20,21);1H. The Kier molecular flexibility index (Phi) is 4.48. The van der Waals surface area contributed by atoms with Crippen molar-refractivity contribution in [3.63, 3.8) is 0 Å². The van der Waals surface area contributed by atoms with Crippen LogP contribution in [0, 0.1) is 0 Å². The van der Waals surface area contributed by atoms with E-state index in [-0.39, 0.29) is 18.1 Å². The van der Waals surface area contributed by atoms with Gasteiger partial charge in [-0.05, 0) is 60.2 Å². The molecule has 3 heterocycles. The second-order valence-corrected chi connectivity index (χ2v) is 6.37. The molecular formula is C16H16ClN3O2S. The number of pyridine rings is 1. The third-order valence-corrected chi connectivity index (χ3v) is 5.08. The van der Waals surface area contributed by atoms with Crippen molar-refractivity contribution >= 4 is 36.0 Å². The number of benzene rings is 1. The minimum Gasteiger partial charge on any atom is -0.477 e. The van der Waals surface area contributed by atoms with Crippen LogP contribution in [0.5, 0.6) is 0 Å². The number of hydrogen-bond acceptors (Lipinski definition) is 5. The maximum atomic E-state index is 11.1. The lowest BCUT2D eigenvalue weighted by Gasteiger charge is -2.33. The molecule has 2 aliphatic rings. The number of carbonyl (C=O) groups is 1. The fourth-order valence-corrected chi connectivity index (χ4v) is 4.03. The number of fused-ring (bicyclic) bond motifs is 3. The Labute approximate surface area is 144 Å². The van der Waals surface area contributed by atoms with Crippen LogP contribution in [-0.2, 0) is 0 Å². The number of nitrogens with one attached hydrogen (secondary N) is 1. The normalized spacial score (nSPS) is 18.8. The average Bonchev–Trinajstić information content (AvgIpc) is 3.03. The lowest BCUT2D eigenvalue weighted by molar-refractivity contribution is 0.0690. The highest BCUT2D eigenvalue weighted by molar-refractivity contribution is 7.97. The monoisotopic (exact) mass is 349 g/mol. The van der Waals surface area contributed by atoms with Crippen LogP contribution in [0.4, 0.5) is 5.69 Å². The number of nitrogens with zero attached hydrogens (tertiary/aromatic N) is 2. The number of anilines is 1. The van der Waals surface area contributed by atoms with E-state index in [0.29, 0.717) is 6.17 Å². The van der Waals surface area contributed by atoms with Crippen molar-refractivity contribution in [2.75, 3.05) is 11.4 Å². The number of carboxylic acids is 1. The van der Waals surface area contributed by atoms with Crippen molar-refractivity contribution < 1.29 is 9.90 Å². The topological polar surface area (TPSA) is 65.5 Å². The molecule has 1 atom stereocenters. The molecule has 0 bridgehead atoms. The van der Waals surface area contributed by atoms with Crippen molar-refractivity contribution in [1.29, 1.82) is 0 Å². The van der Waals surface area contributed by atoms with Crippen LogP contribution < -0.4 is 9.62 Å². The molecule has 2 aromatic rings. The molecule has 1 fully saturated rings. The SMILES string of the molecule is Cl.O=C(O)c1cc(-c2ccc3c(c2)SNC2CCCN32)ccn1. The largest absolute Gasteiger partial charge is 0.477 e. The zero-order valence-electron chi connectivity index (χ0n) is 12.2. The molecule has 0 aliphatic carbocycles. The van der Waals surface area contributed by atoms with Gasteiger partial charge in [0.1, 0.15) is 5.69 Å². The van der Waals surface area contributed by atoms with Gasteiger partial charge in [0.15, 0.2) is 0 Å². The summed E-state index contributed by atoms with van der Waals surface area (Å²) in [5, 5.41) is 9.07. The first-order valence-corrected chi connectivity index (χ1v) is 8.07. The van der Waals surface area contributed by atoms with E-state index >= 15 is 0 Å². The summed E-state index contributed by atoms with van der Waals surface area (Å²) < 4.78 is 3.48. The van der Waals surface area contributed by atoms with Gasteiger partial charge in [0, 0.05) is 17.6 Å². The summed E-state index contributed by atoms with van der Waals surface area (Å²) >= 11 is 1.66. The number of rotatable bonds is 2. The quantitative estimate of drug-likeness (QED) is 0.810. The highest BCUT2D eigenvalue weighted by Gasteiger charge is 2.30. The number of halogens is 1. The summed E-state index contributed by atoms with van der Waals surface area (Å²) in [6, 6.07) is 9.76.